The molecule has 4 aliphatic rings. The summed E-state index contributed by atoms with van der Waals surface area (Å²) in [5.41, 5.74) is 15.3. The third-order valence-corrected chi connectivity index (χ3v) is 9.99. The van der Waals surface area contributed by atoms with Gasteiger partial charge >= 0.3 is 0 Å². The minimum Gasteiger partial charge on any atom is -0.310 e. The minimum absolute atomic E-state index is 0.357. The smallest absolute Gasteiger partial charge is 0.0502 e. The Bertz CT molecular complexity index is 1990. The van der Waals surface area contributed by atoms with E-state index >= 15 is 0 Å². The van der Waals surface area contributed by atoms with E-state index in [4.69, 9.17) is 0 Å². The molecule has 1 heteroatoms. The van der Waals surface area contributed by atoms with Crippen LogP contribution in [-0.2, 0) is 0 Å². The van der Waals surface area contributed by atoms with Crippen LogP contribution < -0.4 is 4.90 Å². The maximum absolute atomic E-state index is 4.53. The van der Waals surface area contributed by atoms with Crippen molar-refractivity contribution in [1.82, 2.24) is 0 Å². The van der Waals surface area contributed by atoms with Gasteiger partial charge in [0.15, 0.2) is 0 Å². The van der Waals surface area contributed by atoms with Crippen LogP contribution in [0.5, 0.6) is 0 Å². The maximum Gasteiger partial charge on any atom is 0.0502 e. The molecule has 3 aromatic carbocycles. The van der Waals surface area contributed by atoms with E-state index in [1.165, 1.54) is 50.2 Å². The number of benzene rings is 3. The van der Waals surface area contributed by atoms with Gasteiger partial charge in [0, 0.05) is 17.3 Å². The van der Waals surface area contributed by atoms with Gasteiger partial charge in [-0.15, -0.1) is 6.58 Å². The number of hydrogen-bond acceptors (Lipinski definition) is 1. The molecule has 0 saturated carbocycles. The summed E-state index contributed by atoms with van der Waals surface area (Å²) in [6.45, 7) is 8.54. The first-order valence-electron chi connectivity index (χ1n) is 17.7. The maximum atomic E-state index is 4.53. The van der Waals surface area contributed by atoms with Crippen LogP contribution in [0.2, 0.25) is 0 Å². The van der Waals surface area contributed by atoms with Crippen molar-refractivity contribution >= 4 is 23.0 Å². The zero-order valence-electron chi connectivity index (χ0n) is 28.4. The molecule has 3 aromatic rings. The van der Waals surface area contributed by atoms with Gasteiger partial charge < -0.3 is 4.90 Å². The first-order chi connectivity index (χ1) is 24.2. The van der Waals surface area contributed by atoms with Crippen molar-refractivity contribution in [3.05, 3.63) is 215 Å². The molecule has 4 aliphatic carbocycles. The lowest BCUT2D eigenvalue weighted by Gasteiger charge is -2.31. The molecule has 0 fully saturated rings. The first kappa shape index (κ1) is 32.2. The van der Waals surface area contributed by atoms with Crippen LogP contribution in [0.4, 0.5) is 11.4 Å². The molecule has 0 saturated heterocycles. The molecular formula is C48H45N. The molecule has 0 spiro atoms. The predicted octanol–water partition coefficient (Wildman–Crippen LogP) is 13.2. The van der Waals surface area contributed by atoms with Gasteiger partial charge in [-0.3, -0.25) is 0 Å². The van der Waals surface area contributed by atoms with Gasteiger partial charge in [-0.2, -0.15) is 0 Å². The Kier molecular flexibility index (Phi) is 9.99. The number of anilines is 2. The second-order valence-corrected chi connectivity index (χ2v) is 13.2. The molecule has 49 heavy (non-hydrogen) atoms. The first-order valence-corrected chi connectivity index (χ1v) is 17.7. The summed E-state index contributed by atoms with van der Waals surface area (Å²) in [5, 5.41) is 0. The Morgan fingerprint density at radius 1 is 0.755 bits per heavy atom. The second kappa shape index (κ2) is 15.2. The number of allylic oxidation sites excluding steroid dienone is 18. The zero-order valence-corrected chi connectivity index (χ0v) is 28.4. The van der Waals surface area contributed by atoms with Crippen molar-refractivity contribution in [2.45, 2.75) is 50.9 Å². The van der Waals surface area contributed by atoms with Gasteiger partial charge in [-0.1, -0.05) is 134 Å². The summed E-state index contributed by atoms with van der Waals surface area (Å²) in [5.74, 6) is 0.357. The van der Waals surface area contributed by atoms with Gasteiger partial charge in [0.2, 0.25) is 0 Å². The van der Waals surface area contributed by atoms with E-state index in [2.05, 4.69) is 170 Å². The third-order valence-electron chi connectivity index (χ3n) is 9.99. The summed E-state index contributed by atoms with van der Waals surface area (Å²) in [7, 11) is 0. The lowest BCUT2D eigenvalue weighted by molar-refractivity contribution is 0.819. The molecule has 1 unspecified atom stereocenters. The fourth-order valence-corrected chi connectivity index (χ4v) is 7.43. The molecule has 0 amide bonds. The normalized spacial score (nSPS) is 20.8. The van der Waals surface area contributed by atoms with E-state index in [1.54, 1.807) is 0 Å². The molecular weight excluding hydrogens is 591 g/mol. The van der Waals surface area contributed by atoms with E-state index in [0.29, 0.717) is 5.92 Å². The predicted molar refractivity (Wildman–Crippen MR) is 212 cm³/mol. The Morgan fingerprint density at radius 3 is 2.22 bits per heavy atom. The lowest BCUT2D eigenvalue weighted by Crippen LogP contribution is -2.19. The Labute approximate surface area is 293 Å². The summed E-state index contributed by atoms with van der Waals surface area (Å²) >= 11 is 0. The highest BCUT2D eigenvalue weighted by molar-refractivity contribution is 5.77. The van der Waals surface area contributed by atoms with Crippen molar-refractivity contribution < 1.29 is 0 Å². The van der Waals surface area contributed by atoms with Crippen LogP contribution in [0.15, 0.2) is 193 Å². The van der Waals surface area contributed by atoms with Crippen LogP contribution in [-0.4, -0.2) is 0 Å². The van der Waals surface area contributed by atoms with Crippen LogP contribution in [0.3, 0.4) is 0 Å². The Hall–Kier alpha value is -5.40. The number of nitrogens with zero attached hydrogens (tertiary/aromatic N) is 1. The second-order valence-electron chi connectivity index (χ2n) is 13.2. The van der Waals surface area contributed by atoms with Crippen molar-refractivity contribution in [3.8, 4) is 0 Å². The molecule has 0 radical (unpaired) electrons. The zero-order chi connectivity index (χ0) is 33.4. The molecule has 7 rings (SSSR count). The number of hydrogen-bond donors (Lipinski definition) is 0. The minimum atomic E-state index is 0.357. The molecule has 242 valence electrons. The number of rotatable bonds is 9. The molecule has 1 atom stereocenters. The van der Waals surface area contributed by atoms with Gasteiger partial charge in [0.1, 0.15) is 0 Å². The molecule has 0 heterocycles. The average molecular weight is 636 g/mol. The van der Waals surface area contributed by atoms with Gasteiger partial charge in [0.25, 0.3) is 0 Å². The molecule has 0 aromatic heterocycles. The molecule has 1 nitrogen and oxygen atoms in total. The summed E-state index contributed by atoms with van der Waals surface area (Å²) in [4.78, 5) is 2.46. The molecule has 0 aliphatic heterocycles. The largest absolute Gasteiger partial charge is 0.310 e. The van der Waals surface area contributed by atoms with Gasteiger partial charge in [0.05, 0.1) is 5.70 Å². The van der Waals surface area contributed by atoms with E-state index in [-0.39, 0.29) is 0 Å². The molecule has 0 N–H and O–H groups in total. The highest BCUT2D eigenvalue weighted by Crippen LogP contribution is 2.41. The van der Waals surface area contributed by atoms with Crippen molar-refractivity contribution in [1.29, 1.82) is 0 Å². The SMILES string of the molecule is C=CCC/C(=C1/C=CC=CC1)c1ccc(N(C(/C=C2/C=CC=CC2)=C2\CCC=CC2=C)c2ccc(C3CC=Cc4ccccc43)cc2)cc1. The summed E-state index contributed by atoms with van der Waals surface area (Å²) in [6, 6.07) is 27.4. The highest BCUT2D eigenvalue weighted by Gasteiger charge is 2.23. The van der Waals surface area contributed by atoms with Gasteiger partial charge in [-0.05, 0) is 125 Å². The van der Waals surface area contributed by atoms with Crippen LogP contribution in [0, 0.1) is 0 Å². The summed E-state index contributed by atoms with van der Waals surface area (Å²) < 4.78 is 0. The summed E-state index contributed by atoms with van der Waals surface area (Å²) in [6.07, 6.45) is 37.8. The van der Waals surface area contributed by atoms with Crippen LogP contribution >= 0.6 is 0 Å². The fraction of sp³-hybridized carbons (Fsp3) is 0.167. The van der Waals surface area contributed by atoms with Crippen LogP contribution in [0.25, 0.3) is 11.6 Å². The van der Waals surface area contributed by atoms with Gasteiger partial charge in [-0.25, -0.2) is 0 Å². The van der Waals surface area contributed by atoms with E-state index in [1.807, 2.05) is 6.08 Å². The standard InChI is InChI=1S/C48H45N/c1-3-4-23-45(38-19-9-6-10-20-38)40-27-31-42(32-28-40)49(48(35-37-17-7-5-8-18-37)44-24-13-11-16-36(44)2)43-33-29-41(30-34-43)47-26-15-22-39-21-12-14-25-46(39)47/h3,5-12,14-17,19,21-22,25,27-35,47H,1-2,4,13,18,20,23-24,26H2/b37-35-,45-38+,48-44+. The fourth-order valence-electron chi connectivity index (χ4n) is 7.43. The topological polar surface area (TPSA) is 3.24 Å². The van der Waals surface area contributed by atoms with Crippen molar-refractivity contribution in [2.75, 3.05) is 4.90 Å². The van der Waals surface area contributed by atoms with E-state index < -0.39 is 0 Å². The monoisotopic (exact) mass is 635 g/mol. The molecule has 0 bridgehead atoms. The quantitative estimate of drug-likeness (QED) is 0.212. The van der Waals surface area contributed by atoms with E-state index in [9.17, 15) is 0 Å². The average Bonchev–Trinajstić information content (AvgIpc) is 3.16. The van der Waals surface area contributed by atoms with Crippen LogP contribution in [0.1, 0.15) is 73.1 Å². The third kappa shape index (κ3) is 7.22. The highest BCUT2D eigenvalue weighted by atomic mass is 15.1. The Morgan fingerprint density at radius 2 is 1.51 bits per heavy atom. The van der Waals surface area contributed by atoms with Crippen molar-refractivity contribution in [3.63, 3.8) is 0 Å². The van der Waals surface area contributed by atoms with Crippen molar-refractivity contribution in [2.24, 2.45) is 0 Å². The Balaban J connectivity index is 1.34. The lowest BCUT2D eigenvalue weighted by atomic mass is 9.82. The number of fused-ring (bicyclic) bond motifs is 1. The van der Waals surface area contributed by atoms with E-state index in [0.717, 1.165) is 61.9 Å².